The molecule has 27 heavy (non-hydrogen) atoms. The van der Waals surface area contributed by atoms with Gasteiger partial charge in [0.1, 0.15) is 0 Å². The molecule has 0 spiro atoms. The molecule has 4 aliphatic carbocycles. The molecule has 6 heteroatoms. The molecular weight excluding hydrogens is 362 g/mol. The van der Waals surface area contributed by atoms with E-state index in [9.17, 15) is 9.59 Å². The molecule has 1 aromatic rings. The fourth-order valence-corrected chi connectivity index (χ4v) is 6.05. The number of halogens is 1. The minimum absolute atomic E-state index is 0.00150. The fraction of sp³-hybridized carbons (Fsp3) is 0.619. The summed E-state index contributed by atoms with van der Waals surface area (Å²) in [6, 6.07) is 5.23. The van der Waals surface area contributed by atoms with E-state index < -0.39 is 0 Å². The average Bonchev–Trinajstić information content (AvgIpc) is 2.55. The Balaban J connectivity index is 1.22. The molecule has 0 aromatic heterocycles. The summed E-state index contributed by atoms with van der Waals surface area (Å²) < 4.78 is 0. The minimum Gasteiger partial charge on any atom is -0.338 e. The number of urea groups is 1. The average molecular weight is 390 g/mol. The number of anilines is 1. The first-order chi connectivity index (χ1) is 12.9. The number of carbonyl (C=O) groups excluding carboxylic acids is 2. The first-order valence-electron chi connectivity index (χ1n) is 10.0. The Morgan fingerprint density at radius 2 is 1.74 bits per heavy atom. The summed E-state index contributed by atoms with van der Waals surface area (Å²) in [5, 5.41) is 9.65. The van der Waals surface area contributed by atoms with Gasteiger partial charge in [0.05, 0.1) is 0 Å². The lowest BCUT2D eigenvalue weighted by atomic mass is 9.53. The van der Waals surface area contributed by atoms with Crippen LogP contribution in [0.4, 0.5) is 10.5 Å². The van der Waals surface area contributed by atoms with Crippen molar-refractivity contribution in [3.63, 3.8) is 0 Å². The Hall–Kier alpha value is -1.75. The van der Waals surface area contributed by atoms with Crippen LogP contribution in [0.5, 0.6) is 0 Å². The summed E-state index contributed by atoms with van der Waals surface area (Å²) in [5.41, 5.74) is 1.67. The standard InChI is InChI=1S/C21H28ClN3O2/c1-13-6-17(22)2-3-18(13)24-19(26)4-5-23-20(27)25-21-10-14-7-15(11-21)9-16(8-14)12-21/h2-3,6,14-16H,4-5,7-12H2,1H3,(H,24,26)(H2,23,25,27). The van der Waals surface area contributed by atoms with Gasteiger partial charge in [-0.2, -0.15) is 0 Å². The van der Waals surface area contributed by atoms with Gasteiger partial charge in [-0.05, 0) is 87.0 Å². The van der Waals surface area contributed by atoms with Gasteiger partial charge in [-0.25, -0.2) is 4.79 Å². The number of rotatable bonds is 5. The van der Waals surface area contributed by atoms with Crippen LogP contribution in [0.2, 0.25) is 5.02 Å². The molecule has 0 radical (unpaired) electrons. The van der Waals surface area contributed by atoms with Crippen molar-refractivity contribution in [2.75, 3.05) is 11.9 Å². The van der Waals surface area contributed by atoms with Gasteiger partial charge in [0, 0.05) is 29.2 Å². The second kappa shape index (κ2) is 7.34. The number of amides is 3. The normalized spacial score (nSPS) is 30.8. The molecule has 4 aliphatic rings. The SMILES string of the molecule is Cc1cc(Cl)ccc1NC(=O)CCNC(=O)NC12CC3CC(CC(C3)C1)C2. The molecule has 4 bridgehead atoms. The van der Waals surface area contributed by atoms with Crippen molar-refractivity contribution in [1.29, 1.82) is 0 Å². The van der Waals surface area contributed by atoms with Gasteiger partial charge >= 0.3 is 6.03 Å². The zero-order valence-corrected chi connectivity index (χ0v) is 16.6. The molecule has 5 nitrogen and oxygen atoms in total. The first-order valence-corrected chi connectivity index (χ1v) is 10.4. The number of aryl methyl sites for hydroxylation is 1. The molecule has 0 aliphatic heterocycles. The fourth-order valence-electron chi connectivity index (χ4n) is 5.82. The lowest BCUT2D eigenvalue weighted by Gasteiger charge is -2.56. The summed E-state index contributed by atoms with van der Waals surface area (Å²) in [5.74, 6) is 2.27. The van der Waals surface area contributed by atoms with Crippen LogP contribution >= 0.6 is 11.6 Å². The van der Waals surface area contributed by atoms with Crippen molar-refractivity contribution in [2.45, 2.75) is 57.4 Å². The molecule has 3 N–H and O–H groups in total. The Bertz CT molecular complexity index is 714. The monoisotopic (exact) mass is 389 g/mol. The Labute approximate surface area is 165 Å². The molecule has 5 rings (SSSR count). The van der Waals surface area contributed by atoms with Crippen LogP contribution in [0.1, 0.15) is 50.5 Å². The lowest BCUT2D eigenvalue weighted by Crippen LogP contribution is -2.61. The van der Waals surface area contributed by atoms with Gasteiger partial charge in [-0.1, -0.05) is 11.6 Å². The molecular formula is C21H28ClN3O2. The Morgan fingerprint density at radius 3 is 2.33 bits per heavy atom. The van der Waals surface area contributed by atoms with Gasteiger partial charge in [0.2, 0.25) is 5.91 Å². The second-order valence-corrected chi connectivity index (χ2v) is 9.27. The van der Waals surface area contributed by atoms with E-state index >= 15 is 0 Å². The number of nitrogens with one attached hydrogen (secondary N) is 3. The van der Waals surface area contributed by atoms with E-state index in [2.05, 4.69) is 16.0 Å². The van der Waals surface area contributed by atoms with Crippen LogP contribution in [0.25, 0.3) is 0 Å². The largest absolute Gasteiger partial charge is 0.338 e. The highest BCUT2D eigenvalue weighted by molar-refractivity contribution is 6.30. The molecule has 4 fully saturated rings. The van der Waals surface area contributed by atoms with Crippen molar-refractivity contribution < 1.29 is 9.59 Å². The van der Waals surface area contributed by atoms with Crippen molar-refractivity contribution >= 4 is 29.2 Å². The van der Waals surface area contributed by atoms with Crippen LogP contribution < -0.4 is 16.0 Å². The molecule has 0 atom stereocenters. The third kappa shape index (κ3) is 4.23. The van der Waals surface area contributed by atoms with Gasteiger partial charge in [0.15, 0.2) is 0 Å². The lowest BCUT2D eigenvalue weighted by molar-refractivity contribution is -0.116. The van der Waals surface area contributed by atoms with Gasteiger partial charge < -0.3 is 16.0 Å². The highest BCUT2D eigenvalue weighted by atomic mass is 35.5. The van der Waals surface area contributed by atoms with E-state index in [1.807, 2.05) is 13.0 Å². The van der Waals surface area contributed by atoms with Gasteiger partial charge in [-0.15, -0.1) is 0 Å². The van der Waals surface area contributed by atoms with E-state index in [1.165, 1.54) is 19.3 Å². The number of hydrogen-bond donors (Lipinski definition) is 3. The van der Waals surface area contributed by atoms with Crippen molar-refractivity contribution in [1.82, 2.24) is 10.6 Å². The predicted molar refractivity (Wildman–Crippen MR) is 107 cm³/mol. The van der Waals surface area contributed by atoms with Crippen LogP contribution in [0.15, 0.2) is 18.2 Å². The van der Waals surface area contributed by atoms with E-state index in [0.717, 1.165) is 48.3 Å². The molecule has 0 unspecified atom stereocenters. The summed E-state index contributed by atoms with van der Waals surface area (Å²) in [7, 11) is 0. The Morgan fingerprint density at radius 1 is 1.11 bits per heavy atom. The second-order valence-electron chi connectivity index (χ2n) is 8.84. The smallest absolute Gasteiger partial charge is 0.315 e. The zero-order chi connectivity index (χ0) is 19.0. The molecule has 146 valence electrons. The summed E-state index contributed by atoms with van der Waals surface area (Å²) in [6.07, 6.45) is 7.69. The quantitative estimate of drug-likeness (QED) is 0.704. The highest BCUT2D eigenvalue weighted by Crippen LogP contribution is 2.55. The molecule has 1 aromatic carbocycles. The predicted octanol–water partition coefficient (Wildman–Crippen LogP) is 4.25. The molecule has 3 amide bonds. The maximum Gasteiger partial charge on any atom is 0.315 e. The number of carbonyl (C=O) groups is 2. The first kappa shape index (κ1) is 18.6. The van der Waals surface area contributed by atoms with Gasteiger partial charge in [0.25, 0.3) is 0 Å². The maximum atomic E-state index is 12.4. The van der Waals surface area contributed by atoms with E-state index in [-0.39, 0.29) is 23.9 Å². The summed E-state index contributed by atoms with van der Waals surface area (Å²) >= 11 is 5.93. The topological polar surface area (TPSA) is 70.2 Å². The van der Waals surface area contributed by atoms with Crippen LogP contribution in [0, 0.1) is 24.7 Å². The van der Waals surface area contributed by atoms with Gasteiger partial charge in [-0.3, -0.25) is 4.79 Å². The highest BCUT2D eigenvalue weighted by Gasteiger charge is 2.51. The third-order valence-corrected chi connectivity index (χ3v) is 6.75. The number of hydrogen-bond acceptors (Lipinski definition) is 2. The van der Waals surface area contributed by atoms with E-state index in [4.69, 9.17) is 11.6 Å². The molecule has 0 saturated heterocycles. The van der Waals surface area contributed by atoms with Crippen LogP contribution in [-0.2, 0) is 4.79 Å². The Kier molecular flexibility index (Phi) is 5.06. The van der Waals surface area contributed by atoms with Crippen molar-refractivity contribution in [3.05, 3.63) is 28.8 Å². The molecule has 4 saturated carbocycles. The maximum absolute atomic E-state index is 12.4. The zero-order valence-electron chi connectivity index (χ0n) is 15.8. The minimum atomic E-state index is -0.132. The van der Waals surface area contributed by atoms with E-state index in [1.54, 1.807) is 12.1 Å². The summed E-state index contributed by atoms with van der Waals surface area (Å²) in [4.78, 5) is 24.5. The van der Waals surface area contributed by atoms with Crippen molar-refractivity contribution in [2.24, 2.45) is 17.8 Å². The molecule has 0 heterocycles. The third-order valence-electron chi connectivity index (χ3n) is 6.52. The van der Waals surface area contributed by atoms with Crippen LogP contribution in [-0.4, -0.2) is 24.0 Å². The summed E-state index contributed by atoms with van der Waals surface area (Å²) in [6.45, 7) is 2.23. The van der Waals surface area contributed by atoms with Crippen LogP contribution in [0.3, 0.4) is 0 Å². The number of benzene rings is 1. The van der Waals surface area contributed by atoms with E-state index in [0.29, 0.717) is 11.6 Å². The van der Waals surface area contributed by atoms with Crippen molar-refractivity contribution in [3.8, 4) is 0 Å².